The molecule has 0 aliphatic heterocycles. The molecule has 7 heteroatoms. The maximum atomic E-state index is 12.9. The Hall–Kier alpha value is -1.57. The highest BCUT2D eigenvalue weighted by Crippen LogP contribution is 2.15. The molecule has 0 aliphatic carbocycles. The van der Waals surface area contributed by atoms with Gasteiger partial charge in [-0.1, -0.05) is 29.5 Å². The van der Waals surface area contributed by atoms with Gasteiger partial charge in [-0.15, -0.1) is 11.7 Å². The third-order valence-electron chi connectivity index (χ3n) is 2.75. The molecule has 0 atom stereocenters. The van der Waals surface area contributed by atoms with Crippen molar-refractivity contribution in [3.63, 3.8) is 0 Å². The Kier molecular flexibility index (Phi) is 5.60. The van der Waals surface area contributed by atoms with Gasteiger partial charge in [-0.2, -0.15) is 0 Å². The van der Waals surface area contributed by atoms with Crippen LogP contribution in [0.3, 0.4) is 0 Å². The van der Waals surface area contributed by atoms with Gasteiger partial charge in [0.2, 0.25) is 5.13 Å². The summed E-state index contributed by atoms with van der Waals surface area (Å²) < 4.78 is 15.4. The van der Waals surface area contributed by atoms with Crippen LogP contribution < -0.4 is 5.32 Å². The van der Waals surface area contributed by atoms with Crippen molar-refractivity contribution in [2.45, 2.75) is 13.2 Å². The minimum atomic E-state index is -0.221. The molecular weight excluding hydrogens is 307 g/mol. The summed E-state index contributed by atoms with van der Waals surface area (Å²) >= 11 is 6.74. The van der Waals surface area contributed by atoms with Crippen molar-refractivity contribution in [3.8, 4) is 0 Å². The first-order valence-electron chi connectivity index (χ1n) is 6.44. The molecule has 0 saturated heterocycles. The van der Waals surface area contributed by atoms with Crippen LogP contribution in [0.2, 0.25) is 0 Å². The Morgan fingerprint density at radius 1 is 1.48 bits per heavy atom. The highest BCUT2D eigenvalue weighted by molar-refractivity contribution is 7.73. The maximum Gasteiger partial charge on any atom is 0.204 e. The van der Waals surface area contributed by atoms with E-state index in [0.29, 0.717) is 23.7 Å². The lowest BCUT2D eigenvalue weighted by Gasteiger charge is -2.16. The second-order valence-corrected chi connectivity index (χ2v) is 6.25. The number of rotatable bonds is 7. The lowest BCUT2D eigenvalue weighted by molar-refractivity contribution is 0.245. The number of hydrogen-bond acceptors (Lipinski definition) is 5. The summed E-state index contributed by atoms with van der Waals surface area (Å²) in [5.41, 5.74) is 1.05. The molecule has 0 fully saturated rings. The molecule has 2 aromatic rings. The van der Waals surface area contributed by atoms with Crippen LogP contribution in [0, 0.1) is 9.77 Å². The zero-order valence-electron chi connectivity index (χ0n) is 11.8. The highest BCUT2D eigenvalue weighted by Gasteiger charge is 2.06. The standard InChI is InChI=1S/C14H17FN4S2/c1-3-8-16-13-17-19(14(20)21-13)10-18(2)9-11-4-6-12(15)7-5-11/h3-7H,1,8-10H2,2H3,(H,16,17). The van der Waals surface area contributed by atoms with E-state index in [0.717, 1.165) is 10.7 Å². The average Bonchev–Trinajstić information content (AvgIpc) is 2.79. The van der Waals surface area contributed by atoms with Crippen LogP contribution in [-0.2, 0) is 13.2 Å². The second-order valence-electron chi connectivity index (χ2n) is 4.62. The number of hydrogen-bond donors (Lipinski definition) is 1. The lowest BCUT2D eigenvalue weighted by atomic mass is 10.2. The summed E-state index contributed by atoms with van der Waals surface area (Å²) in [6.07, 6.45) is 1.77. The SMILES string of the molecule is C=CCNc1nn(CN(C)Cc2ccc(F)cc2)c(=S)s1. The fraction of sp³-hybridized carbons (Fsp3) is 0.286. The van der Waals surface area contributed by atoms with Crippen molar-refractivity contribution in [1.82, 2.24) is 14.7 Å². The molecule has 0 aliphatic rings. The molecule has 0 spiro atoms. The Bertz CT molecular complexity index is 648. The molecular formula is C14H17FN4S2. The van der Waals surface area contributed by atoms with Crippen molar-refractivity contribution in [2.75, 3.05) is 18.9 Å². The molecule has 112 valence electrons. The molecule has 0 bridgehead atoms. The smallest absolute Gasteiger partial charge is 0.204 e. The number of anilines is 1. The molecule has 0 amide bonds. The molecule has 0 saturated carbocycles. The fourth-order valence-corrected chi connectivity index (χ4v) is 2.81. The Morgan fingerprint density at radius 3 is 2.86 bits per heavy atom. The quantitative estimate of drug-likeness (QED) is 0.624. The lowest BCUT2D eigenvalue weighted by Crippen LogP contribution is -2.22. The van der Waals surface area contributed by atoms with Gasteiger partial charge in [0.1, 0.15) is 5.82 Å². The van der Waals surface area contributed by atoms with Gasteiger partial charge in [-0.05, 0) is 37.0 Å². The van der Waals surface area contributed by atoms with Gasteiger partial charge in [0, 0.05) is 13.1 Å². The van der Waals surface area contributed by atoms with E-state index in [-0.39, 0.29) is 5.82 Å². The summed E-state index contributed by atoms with van der Waals surface area (Å²) in [4.78, 5) is 2.07. The van der Waals surface area contributed by atoms with Gasteiger partial charge in [0.05, 0.1) is 6.67 Å². The number of aromatic nitrogens is 2. The van der Waals surface area contributed by atoms with E-state index in [2.05, 4.69) is 21.9 Å². The zero-order chi connectivity index (χ0) is 15.2. The van der Waals surface area contributed by atoms with Crippen LogP contribution in [0.1, 0.15) is 5.56 Å². The summed E-state index contributed by atoms with van der Waals surface area (Å²) in [5.74, 6) is -0.221. The highest BCUT2D eigenvalue weighted by atomic mass is 32.1. The van der Waals surface area contributed by atoms with Crippen LogP contribution in [0.25, 0.3) is 0 Å². The average molecular weight is 324 g/mol. The molecule has 1 N–H and O–H groups in total. The molecule has 0 radical (unpaired) electrons. The first-order chi connectivity index (χ1) is 10.1. The Labute approximate surface area is 132 Å². The summed E-state index contributed by atoms with van der Waals surface area (Å²) in [7, 11) is 1.97. The first-order valence-corrected chi connectivity index (χ1v) is 7.66. The van der Waals surface area contributed by atoms with Gasteiger partial charge >= 0.3 is 0 Å². The van der Waals surface area contributed by atoms with Gasteiger partial charge in [0.15, 0.2) is 3.95 Å². The van der Waals surface area contributed by atoms with Crippen molar-refractivity contribution in [2.24, 2.45) is 0 Å². The summed E-state index contributed by atoms with van der Waals surface area (Å²) in [6, 6.07) is 6.50. The number of halogens is 1. The van der Waals surface area contributed by atoms with Gasteiger partial charge in [-0.3, -0.25) is 4.90 Å². The molecule has 4 nitrogen and oxygen atoms in total. The number of benzene rings is 1. The van der Waals surface area contributed by atoms with E-state index in [1.165, 1.54) is 23.5 Å². The van der Waals surface area contributed by atoms with Crippen LogP contribution in [-0.4, -0.2) is 28.3 Å². The molecule has 1 aromatic heterocycles. The van der Waals surface area contributed by atoms with E-state index in [9.17, 15) is 4.39 Å². The Balaban J connectivity index is 1.97. The van der Waals surface area contributed by atoms with Crippen LogP contribution in [0.5, 0.6) is 0 Å². The van der Waals surface area contributed by atoms with Gasteiger partial charge < -0.3 is 5.32 Å². The largest absolute Gasteiger partial charge is 0.357 e. The van der Waals surface area contributed by atoms with Crippen LogP contribution >= 0.6 is 23.6 Å². The molecule has 1 aromatic carbocycles. The fourth-order valence-electron chi connectivity index (χ4n) is 1.81. The van der Waals surface area contributed by atoms with Crippen LogP contribution in [0.4, 0.5) is 9.52 Å². The summed E-state index contributed by atoms with van der Waals surface area (Å²) in [5, 5.41) is 8.33. The molecule has 1 heterocycles. The maximum absolute atomic E-state index is 12.9. The van der Waals surface area contributed by atoms with Crippen molar-refractivity contribution >= 4 is 28.7 Å². The number of nitrogens with one attached hydrogen (secondary N) is 1. The summed E-state index contributed by atoms with van der Waals surface area (Å²) in [6.45, 7) is 5.60. The third kappa shape index (κ3) is 4.73. The van der Waals surface area contributed by atoms with E-state index in [1.807, 2.05) is 7.05 Å². The zero-order valence-corrected chi connectivity index (χ0v) is 13.4. The topological polar surface area (TPSA) is 33.1 Å². The minimum absolute atomic E-state index is 0.221. The minimum Gasteiger partial charge on any atom is -0.357 e. The van der Waals surface area contributed by atoms with Crippen LogP contribution in [0.15, 0.2) is 36.9 Å². The monoisotopic (exact) mass is 324 g/mol. The molecule has 0 unspecified atom stereocenters. The molecule has 2 rings (SSSR count). The van der Waals surface area contributed by atoms with E-state index in [1.54, 1.807) is 22.9 Å². The van der Waals surface area contributed by atoms with E-state index >= 15 is 0 Å². The normalized spacial score (nSPS) is 10.8. The van der Waals surface area contributed by atoms with Gasteiger partial charge in [0.25, 0.3) is 0 Å². The predicted octanol–water partition coefficient (Wildman–Crippen LogP) is 3.50. The van der Waals surface area contributed by atoms with Crippen molar-refractivity contribution in [1.29, 1.82) is 0 Å². The predicted molar refractivity (Wildman–Crippen MR) is 87.5 cm³/mol. The third-order valence-corrected chi connectivity index (χ3v) is 4.01. The molecule has 21 heavy (non-hydrogen) atoms. The van der Waals surface area contributed by atoms with Crippen molar-refractivity contribution in [3.05, 3.63) is 52.3 Å². The van der Waals surface area contributed by atoms with E-state index < -0.39 is 0 Å². The Morgan fingerprint density at radius 2 is 2.19 bits per heavy atom. The van der Waals surface area contributed by atoms with Crippen molar-refractivity contribution < 1.29 is 4.39 Å². The van der Waals surface area contributed by atoms with E-state index in [4.69, 9.17) is 12.2 Å². The first kappa shape index (κ1) is 15.8. The number of nitrogens with zero attached hydrogens (tertiary/aromatic N) is 3. The van der Waals surface area contributed by atoms with Gasteiger partial charge in [-0.25, -0.2) is 9.07 Å². The second kappa shape index (κ2) is 7.44.